The van der Waals surface area contributed by atoms with Gasteiger partial charge >= 0.3 is 14.0 Å². The van der Waals surface area contributed by atoms with Crippen molar-refractivity contribution in [3.63, 3.8) is 0 Å². The normalized spacial score (nSPS) is 15.0. The lowest BCUT2D eigenvalue weighted by atomic mass is 9.61. The number of aryl methyl sites for hydroxylation is 4. The van der Waals surface area contributed by atoms with Gasteiger partial charge in [0.1, 0.15) is 0 Å². The van der Waals surface area contributed by atoms with E-state index in [0.717, 1.165) is 0 Å². The highest BCUT2D eigenvalue weighted by molar-refractivity contribution is 7.34. The number of hydrogen-bond donors (Lipinski definition) is 0. The number of benzene rings is 6. The molecule has 9 aromatic rings. The third kappa shape index (κ3) is 5.22. The van der Waals surface area contributed by atoms with Gasteiger partial charge in [-0.15, -0.1) is 0 Å². The van der Waals surface area contributed by atoms with Crippen LogP contribution in [0.5, 0.6) is 0 Å². The molecule has 0 unspecified atom stereocenters. The minimum atomic E-state index is -0.0398. The van der Waals surface area contributed by atoms with Crippen molar-refractivity contribution >= 4 is 101 Å². The molecule has 0 fully saturated rings. The quantitative estimate of drug-likeness (QED) is 0.141. The van der Waals surface area contributed by atoms with Gasteiger partial charge in [-0.05, 0) is 155 Å². The number of hydrogen-bond acceptors (Lipinski definition) is 3. The molecule has 4 aliphatic heterocycles. The van der Waals surface area contributed by atoms with Crippen LogP contribution in [0.2, 0.25) is 0 Å². The zero-order chi connectivity index (χ0) is 47.1. The molecule has 0 radical (unpaired) electrons. The van der Waals surface area contributed by atoms with Gasteiger partial charge in [-0.1, -0.05) is 107 Å². The van der Waals surface area contributed by atoms with Gasteiger partial charge in [0.2, 0.25) is 0 Å². The second-order valence-electron chi connectivity index (χ2n) is 24.9. The van der Waals surface area contributed by atoms with Crippen LogP contribution in [0.15, 0.2) is 84.9 Å². The van der Waals surface area contributed by atoms with E-state index >= 15 is 0 Å². The van der Waals surface area contributed by atoms with Gasteiger partial charge in [0.15, 0.2) is 0 Å². The summed E-state index contributed by atoms with van der Waals surface area (Å²) in [5, 5.41) is 5.56. The van der Waals surface area contributed by atoms with Crippen LogP contribution in [-0.4, -0.2) is 22.9 Å². The SMILES string of the molecule is Cc1cc2c3c(c1C)c1cc(C(C)(C)C)ccc1n3B1c3sc4c(c3-c3cc(C(C)(C)C)ccc3N12)-c1cc(C(C)(C)C)ccc1N1B4n2c3ccc(C(C)(C)C)cc3c3c(C)c(C)cc1c32. The fourth-order valence-corrected chi connectivity index (χ4v) is 14.0. The molecule has 67 heavy (non-hydrogen) atoms. The molecule has 0 aliphatic carbocycles. The molecule has 0 atom stereocenters. The highest BCUT2D eigenvalue weighted by Crippen LogP contribution is 2.58. The summed E-state index contributed by atoms with van der Waals surface area (Å²) < 4.78 is 8.37. The van der Waals surface area contributed by atoms with E-state index in [1.54, 1.807) is 0 Å². The molecule has 7 heterocycles. The Labute approximate surface area is 401 Å². The number of fused-ring (bicyclic) bond motifs is 23. The van der Waals surface area contributed by atoms with Crippen molar-refractivity contribution in [1.29, 1.82) is 0 Å². The van der Waals surface area contributed by atoms with E-state index < -0.39 is 0 Å². The first kappa shape index (κ1) is 41.5. The van der Waals surface area contributed by atoms with Crippen molar-refractivity contribution in [2.24, 2.45) is 0 Å². The zero-order valence-electron chi connectivity index (χ0n) is 42.4. The van der Waals surface area contributed by atoms with Crippen LogP contribution in [0.4, 0.5) is 22.7 Å². The Bertz CT molecular complexity index is 3510. The van der Waals surface area contributed by atoms with E-state index in [0.29, 0.717) is 0 Å². The van der Waals surface area contributed by atoms with Crippen LogP contribution >= 0.6 is 11.3 Å². The Morgan fingerprint density at radius 3 is 1.10 bits per heavy atom. The van der Waals surface area contributed by atoms with E-state index in [-0.39, 0.29) is 35.6 Å². The Kier molecular flexibility index (Phi) is 7.88. The number of anilines is 4. The van der Waals surface area contributed by atoms with E-state index in [4.69, 9.17) is 0 Å². The molecule has 4 aliphatic rings. The first-order valence-electron chi connectivity index (χ1n) is 24.7. The summed E-state index contributed by atoms with van der Waals surface area (Å²) >= 11 is 2.08. The van der Waals surface area contributed by atoms with Crippen LogP contribution < -0.4 is 19.2 Å². The van der Waals surface area contributed by atoms with Crippen molar-refractivity contribution in [2.45, 2.75) is 132 Å². The standard InChI is InChI=1S/C60H62B2N4S/c1-31-25-47-53-49(33(31)3)39-27-35(57(5,6)7)19-23-45(39)65(53)61-55-51(41-29-37(59(11,12)13)17-21-43(41)63(47)61)52-42-30-38(60(14,15)16)18-22-44(42)64-48-26-32(2)34(4)50-40-28-36(58(8,9)10)20-24-46(40)66(54(48)50)62(64)56(52)67-55/h17-30H,1-16H3. The molecule has 13 rings (SSSR count). The van der Waals surface area contributed by atoms with Gasteiger partial charge in [0.25, 0.3) is 0 Å². The molecule has 4 nitrogen and oxygen atoms in total. The maximum absolute atomic E-state index is 2.75. The molecule has 3 aromatic heterocycles. The zero-order valence-corrected chi connectivity index (χ0v) is 43.3. The molecule has 0 saturated carbocycles. The van der Waals surface area contributed by atoms with Crippen molar-refractivity contribution < 1.29 is 0 Å². The maximum Gasteiger partial charge on any atom is 0.431 e. The predicted octanol–water partition coefficient (Wildman–Crippen LogP) is 15.1. The number of rotatable bonds is 0. The van der Waals surface area contributed by atoms with Gasteiger partial charge in [-0.3, -0.25) is 0 Å². The van der Waals surface area contributed by atoms with Gasteiger partial charge in [0, 0.05) is 75.8 Å². The second kappa shape index (κ2) is 12.7. The highest BCUT2D eigenvalue weighted by Gasteiger charge is 2.53. The average molecular weight is 893 g/mol. The lowest BCUT2D eigenvalue weighted by Crippen LogP contribution is -2.51. The highest BCUT2D eigenvalue weighted by atomic mass is 32.1. The van der Waals surface area contributed by atoms with Crippen LogP contribution in [0.3, 0.4) is 0 Å². The molecular formula is C60H62B2N4S. The molecule has 6 aromatic carbocycles. The van der Waals surface area contributed by atoms with Crippen molar-refractivity contribution in [3.8, 4) is 22.3 Å². The lowest BCUT2D eigenvalue weighted by Gasteiger charge is -2.36. The minimum absolute atomic E-state index is 0.0222. The third-order valence-electron chi connectivity index (χ3n) is 16.6. The molecule has 0 saturated heterocycles. The van der Waals surface area contributed by atoms with E-state index in [2.05, 4.69) is 226 Å². The molecule has 0 spiro atoms. The van der Waals surface area contributed by atoms with Crippen LogP contribution in [0.25, 0.3) is 65.9 Å². The lowest BCUT2D eigenvalue weighted by molar-refractivity contribution is 0.590. The van der Waals surface area contributed by atoms with Crippen molar-refractivity contribution in [1.82, 2.24) is 8.96 Å². The fraction of sp³-hybridized carbons (Fsp3) is 0.333. The molecule has 0 N–H and O–H groups in total. The third-order valence-corrected chi connectivity index (χ3v) is 17.8. The maximum atomic E-state index is 2.75. The predicted molar refractivity (Wildman–Crippen MR) is 294 cm³/mol. The van der Waals surface area contributed by atoms with Crippen LogP contribution in [-0.2, 0) is 21.7 Å². The van der Waals surface area contributed by atoms with E-state index in [1.165, 1.54) is 143 Å². The summed E-state index contributed by atoms with van der Waals surface area (Å²) in [6.45, 7) is 37.6. The summed E-state index contributed by atoms with van der Waals surface area (Å²) in [7, 11) is 0. The first-order chi connectivity index (χ1) is 31.4. The molecule has 0 bridgehead atoms. The first-order valence-corrected chi connectivity index (χ1v) is 25.5. The van der Waals surface area contributed by atoms with E-state index in [9.17, 15) is 0 Å². The smallest absolute Gasteiger partial charge is 0.359 e. The Balaban J connectivity index is 1.19. The molecular weight excluding hydrogens is 830 g/mol. The second-order valence-corrected chi connectivity index (χ2v) is 25.9. The van der Waals surface area contributed by atoms with Gasteiger partial charge < -0.3 is 18.6 Å². The van der Waals surface area contributed by atoms with Gasteiger partial charge in [0.05, 0.1) is 22.4 Å². The average Bonchev–Trinajstić information content (AvgIpc) is 4.05. The summed E-state index contributed by atoms with van der Waals surface area (Å²) in [6.07, 6.45) is 0. The summed E-state index contributed by atoms with van der Waals surface area (Å²) in [4.78, 5) is 5.46. The van der Waals surface area contributed by atoms with Crippen LogP contribution in [0.1, 0.15) is 128 Å². The summed E-state index contributed by atoms with van der Waals surface area (Å²) in [5.41, 5.74) is 27.2. The Morgan fingerprint density at radius 2 is 0.746 bits per heavy atom. The monoisotopic (exact) mass is 892 g/mol. The van der Waals surface area contributed by atoms with Gasteiger partial charge in [-0.2, -0.15) is 11.3 Å². The number of thiophene rings is 1. The Hall–Kier alpha value is -5.65. The number of nitrogens with zero attached hydrogens (tertiary/aromatic N) is 4. The minimum Gasteiger partial charge on any atom is -0.359 e. The van der Waals surface area contributed by atoms with E-state index in [1.807, 2.05) is 0 Å². The fourth-order valence-electron chi connectivity index (χ4n) is 12.5. The molecule has 0 amide bonds. The molecule has 7 heteroatoms. The number of aromatic nitrogens is 2. The van der Waals surface area contributed by atoms with Crippen molar-refractivity contribution in [3.05, 3.63) is 129 Å². The molecule has 334 valence electrons. The Morgan fingerprint density at radius 1 is 0.403 bits per heavy atom. The summed E-state index contributed by atoms with van der Waals surface area (Å²) in [5.74, 6) is 0. The van der Waals surface area contributed by atoms with Crippen LogP contribution in [0, 0.1) is 27.7 Å². The van der Waals surface area contributed by atoms with Crippen molar-refractivity contribution in [2.75, 3.05) is 9.62 Å². The summed E-state index contributed by atoms with van der Waals surface area (Å²) in [6, 6.07) is 34.6. The largest absolute Gasteiger partial charge is 0.431 e. The van der Waals surface area contributed by atoms with Gasteiger partial charge in [-0.25, -0.2) is 0 Å². The topological polar surface area (TPSA) is 16.3 Å².